The molecule has 2 aromatic rings. The van der Waals surface area contributed by atoms with Gasteiger partial charge in [0.25, 0.3) is 10.0 Å². The molecule has 116 valence electrons. The molecule has 0 amide bonds. The number of methoxy groups -OCH3 is 1. The van der Waals surface area contributed by atoms with Crippen LogP contribution in [0.2, 0.25) is 0 Å². The minimum atomic E-state index is -3.70. The summed E-state index contributed by atoms with van der Waals surface area (Å²) >= 11 is 0. The van der Waals surface area contributed by atoms with Crippen molar-refractivity contribution >= 4 is 21.7 Å². The summed E-state index contributed by atoms with van der Waals surface area (Å²) in [6, 6.07) is 12.8. The first-order valence-electron chi connectivity index (χ1n) is 6.77. The van der Waals surface area contributed by atoms with Gasteiger partial charge in [-0.2, -0.15) is 0 Å². The van der Waals surface area contributed by atoms with E-state index < -0.39 is 16.0 Å². The second-order valence-corrected chi connectivity index (χ2v) is 6.31. The maximum atomic E-state index is 12.4. The molecule has 0 unspecified atom stereocenters. The van der Waals surface area contributed by atoms with Crippen molar-refractivity contribution in [3.8, 4) is 0 Å². The fourth-order valence-electron chi connectivity index (χ4n) is 2.02. The topological polar surface area (TPSA) is 72.5 Å². The molecule has 0 aliphatic heterocycles. The summed E-state index contributed by atoms with van der Waals surface area (Å²) in [5, 5.41) is 0. The van der Waals surface area contributed by atoms with E-state index in [1.807, 2.05) is 19.1 Å². The fraction of sp³-hybridized carbons (Fsp3) is 0.188. The molecule has 0 saturated carbocycles. The third kappa shape index (κ3) is 3.46. The number of hydrogen-bond donors (Lipinski definition) is 1. The number of carbonyl (C=O) groups excluding carboxylic acids is 1. The molecule has 1 N–H and O–H groups in total. The molecular weight excluding hydrogens is 302 g/mol. The molecule has 0 radical (unpaired) electrons. The van der Waals surface area contributed by atoms with Crippen molar-refractivity contribution in [1.82, 2.24) is 0 Å². The van der Waals surface area contributed by atoms with Crippen LogP contribution in [0.15, 0.2) is 53.4 Å². The Balaban J connectivity index is 2.29. The number of ether oxygens (including phenoxy) is 1. The molecule has 2 rings (SSSR count). The summed E-state index contributed by atoms with van der Waals surface area (Å²) in [7, 11) is -2.42. The Kier molecular flexibility index (Phi) is 4.82. The number of rotatable bonds is 5. The quantitative estimate of drug-likeness (QED) is 0.860. The number of esters is 1. The predicted octanol–water partition coefficient (Wildman–Crippen LogP) is 2.84. The van der Waals surface area contributed by atoms with Crippen LogP contribution in [0.5, 0.6) is 0 Å². The number of nitrogens with one attached hydrogen (secondary N) is 1. The number of para-hydroxylation sites is 1. The van der Waals surface area contributed by atoms with Gasteiger partial charge in [-0.25, -0.2) is 13.2 Å². The second-order valence-electron chi connectivity index (χ2n) is 4.63. The first kappa shape index (κ1) is 16.0. The highest BCUT2D eigenvalue weighted by atomic mass is 32.2. The fourth-order valence-corrected chi connectivity index (χ4v) is 3.12. The van der Waals surface area contributed by atoms with Crippen LogP contribution in [-0.4, -0.2) is 21.5 Å². The Morgan fingerprint density at radius 2 is 1.73 bits per heavy atom. The number of carbonyl (C=O) groups is 1. The standard InChI is InChI=1S/C16H17NO4S/c1-3-12-6-4-5-7-15(12)17-22(19,20)14-10-8-13(9-11-14)16(18)21-2/h4-11,17H,3H2,1-2H3. The van der Waals surface area contributed by atoms with Gasteiger partial charge in [-0.15, -0.1) is 0 Å². The van der Waals surface area contributed by atoms with Gasteiger partial charge in [-0.1, -0.05) is 25.1 Å². The summed E-state index contributed by atoms with van der Waals surface area (Å²) in [5.74, 6) is -0.506. The minimum Gasteiger partial charge on any atom is -0.465 e. The first-order valence-corrected chi connectivity index (χ1v) is 8.25. The monoisotopic (exact) mass is 319 g/mol. The minimum absolute atomic E-state index is 0.0889. The lowest BCUT2D eigenvalue weighted by Gasteiger charge is -2.11. The van der Waals surface area contributed by atoms with E-state index in [9.17, 15) is 13.2 Å². The van der Waals surface area contributed by atoms with Gasteiger partial charge in [0, 0.05) is 0 Å². The van der Waals surface area contributed by atoms with E-state index in [-0.39, 0.29) is 4.90 Å². The van der Waals surface area contributed by atoms with E-state index in [1.165, 1.54) is 31.4 Å². The van der Waals surface area contributed by atoms with Gasteiger partial charge >= 0.3 is 5.97 Å². The Morgan fingerprint density at radius 3 is 2.32 bits per heavy atom. The Morgan fingerprint density at radius 1 is 1.09 bits per heavy atom. The molecule has 6 heteroatoms. The summed E-state index contributed by atoms with van der Waals surface area (Å²) in [4.78, 5) is 11.5. The molecule has 0 heterocycles. The van der Waals surface area contributed by atoms with Crippen LogP contribution in [0, 0.1) is 0 Å². The van der Waals surface area contributed by atoms with Crippen LogP contribution in [0.3, 0.4) is 0 Å². The second kappa shape index (κ2) is 6.62. The third-order valence-corrected chi connectivity index (χ3v) is 4.61. The smallest absolute Gasteiger partial charge is 0.337 e. The van der Waals surface area contributed by atoms with Crippen LogP contribution in [0.4, 0.5) is 5.69 Å². The Labute approximate surface area is 130 Å². The van der Waals surface area contributed by atoms with E-state index >= 15 is 0 Å². The van der Waals surface area contributed by atoms with Crippen molar-refractivity contribution < 1.29 is 17.9 Å². The summed E-state index contributed by atoms with van der Waals surface area (Å²) in [5.41, 5.74) is 1.77. The zero-order chi connectivity index (χ0) is 16.2. The molecule has 0 aromatic heterocycles. The highest BCUT2D eigenvalue weighted by molar-refractivity contribution is 7.92. The average molecular weight is 319 g/mol. The molecule has 0 atom stereocenters. The molecule has 0 aliphatic carbocycles. The summed E-state index contributed by atoms with van der Waals surface area (Å²) < 4.78 is 31.9. The molecule has 2 aromatic carbocycles. The van der Waals surface area contributed by atoms with Gasteiger partial charge in [-0.3, -0.25) is 4.72 Å². The third-order valence-electron chi connectivity index (χ3n) is 3.23. The van der Waals surface area contributed by atoms with Crippen molar-refractivity contribution in [1.29, 1.82) is 0 Å². The van der Waals surface area contributed by atoms with E-state index in [1.54, 1.807) is 12.1 Å². The zero-order valence-electron chi connectivity index (χ0n) is 12.4. The molecule has 5 nitrogen and oxygen atoms in total. The largest absolute Gasteiger partial charge is 0.465 e. The number of sulfonamides is 1. The number of aryl methyl sites for hydroxylation is 1. The van der Waals surface area contributed by atoms with Gasteiger partial charge in [0.05, 0.1) is 23.3 Å². The van der Waals surface area contributed by atoms with E-state index in [2.05, 4.69) is 9.46 Å². The lowest BCUT2D eigenvalue weighted by Crippen LogP contribution is -2.14. The Hall–Kier alpha value is -2.34. The maximum Gasteiger partial charge on any atom is 0.337 e. The van der Waals surface area contributed by atoms with Crippen LogP contribution in [0.25, 0.3) is 0 Å². The number of benzene rings is 2. The van der Waals surface area contributed by atoms with Gasteiger partial charge < -0.3 is 4.74 Å². The maximum absolute atomic E-state index is 12.4. The van der Waals surface area contributed by atoms with Crippen molar-refractivity contribution in [3.05, 3.63) is 59.7 Å². The summed E-state index contributed by atoms with van der Waals surface area (Å²) in [6.07, 6.45) is 0.722. The van der Waals surface area contributed by atoms with E-state index in [0.29, 0.717) is 11.3 Å². The normalized spacial score (nSPS) is 11.0. The SMILES string of the molecule is CCc1ccccc1NS(=O)(=O)c1ccc(C(=O)OC)cc1. The van der Waals surface area contributed by atoms with Crippen molar-refractivity contribution in [2.45, 2.75) is 18.2 Å². The molecule has 0 spiro atoms. The van der Waals surface area contributed by atoms with E-state index in [0.717, 1.165) is 12.0 Å². The van der Waals surface area contributed by atoms with Crippen LogP contribution < -0.4 is 4.72 Å². The van der Waals surface area contributed by atoms with Gasteiger partial charge in [0.15, 0.2) is 0 Å². The van der Waals surface area contributed by atoms with Gasteiger partial charge in [0.1, 0.15) is 0 Å². The van der Waals surface area contributed by atoms with E-state index in [4.69, 9.17) is 0 Å². The predicted molar refractivity (Wildman–Crippen MR) is 84.4 cm³/mol. The number of anilines is 1. The molecular formula is C16H17NO4S. The van der Waals surface area contributed by atoms with Crippen LogP contribution >= 0.6 is 0 Å². The van der Waals surface area contributed by atoms with Crippen LogP contribution in [-0.2, 0) is 21.2 Å². The van der Waals surface area contributed by atoms with Gasteiger partial charge in [0.2, 0.25) is 0 Å². The Bertz CT molecular complexity index is 767. The molecule has 0 aliphatic rings. The first-order chi connectivity index (χ1) is 10.5. The summed E-state index contributed by atoms with van der Waals surface area (Å²) in [6.45, 7) is 1.96. The van der Waals surface area contributed by atoms with Crippen molar-refractivity contribution in [3.63, 3.8) is 0 Å². The van der Waals surface area contributed by atoms with Crippen LogP contribution in [0.1, 0.15) is 22.8 Å². The zero-order valence-corrected chi connectivity index (χ0v) is 13.2. The lowest BCUT2D eigenvalue weighted by atomic mass is 10.1. The molecule has 0 saturated heterocycles. The van der Waals surface area contributed by atoms with Crippen molar-refractivity contribution in [2.24, 2.45) is 0 Å². The number of hydrogen-bond acceptors (Lipinski definition) is 4. The lowest BCUT2D eigenvalue weighted by molar-refractivity contribution is 0.0600. The average Bonchev–Trinajstić information content (AvgIpc) is 2.54. The molecule has 0 bridgehead atoms. The van der Waals surface area contributed by atoms with Gasteiger partial charge in [-0.05, 0) is 42.3 Å². The van der Waals surface area contributed by atoms with Crippen molar-refractivity contribution in [2.75, 3.05) is 11.8 Å². The highest BCUT2D eigenvalue weighted by Gasteiger charge is 2.16. The highest BCUT2D eigenvalue weighted by Crippen LogP contribution is 2.20. The molecule has 0 fully saturated rings. The molecule has 22 heavy (non-hydrogen) atoms.